The molecule has 1 saturated heterocycles. The van der Waals surface area contributed by atoms with Crippen molar-refractivity contribution >= 4 is 35.1 Å². The van der Waals surface area contributed by atoms with E-state index in [1.165, 1.54) is 12.1 Å². The van der Waals surface area contributed by atoms with Crippen molar-refractivity contribution in [3.8, 4) is 11.5 Å². The average molecular weight is 473 g/mol. The van der Waals surface area contributed by atoms with Crippen LogP contribution in [0.2, 0.25) is 10.0 Å². The number of rotatable bonds is 9. The van der Waals surface area contributed by atoms with Crippen molar-refractivity contribution < 1.29 is 27.8 Å². The summed E-state index contributed by atoms with van der Waals surface area (Å²) in [5, 5.41) is 3.38. The Morgan fingerprint density at radius 3 is 2.35 bits per heavy atom. The number of ether oxygens (including phenoxy) is 2. The number of urea groups is 1. The number of alkyl halides is 2. The minimum atomic E-state index is -2.89. The lowest BCUT2D eigenvalue weighted by Gasteiger charge is -2.22. The normalized spacial score (nSPS) is 18.5. The van der Waals surface area contributed by atoms with Gasteiger partial charge in [-0.1, -0.05) is 41.4 Å². The van der Waals surface area contributed by atoms with Gasteiger partial charge in [-0.15, -0.1) is 0 Å². The Morgan fingerprint density at radius 1 is 1.10 bits per heavy atom. The highest BCUT2D eigenvalue weighted by Crippen LogP contribution is 2.32. The van der Waals surface area contributed by atoms with Gasteiger partial charge >= 0.3 is 12.6 Å². The second kappa shape index (κ2) is 9.70. The SMILES string of the molecule is CC1(CCc2ccc(OC(F)F)cc2)NC(=O)N(CCOc2c(Cl)cccc2Cl)C1=O. The Kier molecular flexibility index (Phi) is 7.23. The van der Waals surface area contributed by atoms with Gasteiger partial charge in [-0.05, 0) is 49.6 Å². The molecule has 1 fully saturated rings. The standard InChI is InChI=1S/C21H20Cl2F2N2O4/c1-21(10-9-13-5-7-14(8-6-13)31-19(24)25)18(28)27(20(29)26-21)11-12-30-17-15(22)3-2-4-16(17)23/h2-8,19H,9-12H2,1H3,(H,26,29). The highest BCUT2D eigenvalue weighted by atomic mass is 35.5. The molecule has 6 nitrogen and oxygen atoms in total. The molecule has 1 heterocycles. The number of nitrogens with one attached hydrogen (secondary N) is 1. The first-order valence-corrected chi connectivity index (χ1v) is 10.2. The molecule has 1 aliphatic heterocycles. The molecule has 0 aliphatic carbocycles. The van der Waals surface area contributed by atoms with Gasteiger partial charge in [0.15, 0.2) is 5.75 Å². The van der Waals surface area contributed by atoms with E-state index in [1.54, 1.807) is 37.3 Å². The van der Waals surface area contributed by atoms with E-state index in [-0.39, 0.29) is 24.8 Å². The Morgan fingerprint density at radius 2 is 1.74 bits per heavy atom. The third-order valence-electron chi connectivity index (χ3n) is 4.89. The third-order valence-corrected chi connectivity index (χ3v) is 5.48. The monoisotopic (exact) mass is 472 g/mol. The number of imide groups is 1. The van der Waals surface area contributed by atoms with E-state index in [0.29, 0.717) is 28.6 Å². The Hall–Kier alpha value is -2.58. The number of nitrogens with zero attached hydrogens (tertiary/aromatic N) is 1. The van der Waals surface area contributed by atoms with Crippen molar-refractivity contribution in [1.29, 1.82) is 0 Å². The number of aryl methyl sites for hydroxylation is 1. The molecule has 10 heteroatoms. The molecule has 0 spiro atoms. The van der Waals surface area contributed by atoms with Gasteiger partial charge in [0, 0.05) is 0 Å². The first-order valence-electron chi connectivity index (χ1n) is 9.44. The van der Waals surface area contributed by atoms with E-state index in [2.05, 4.69) is 10.1 Å². The number of hydrogen-bond acceptors (Lipinski definition) is 4. The van der Waals surface area contributed by atoms with Gasteiger partial charge in [-0.3, -0.25) is 9.69 Å². The molecule has 1 N–H and O–H groups in total. The van der Waals surface area contributed by atoms with Crippen LogP contribution in [0, 0.1) is 0 Å². The fraction of sp³-hybridized carbons (Fsp3) is 0.333. The Bertz CT molecular complexity index is 939. The highest BCUT2D eigenvalue weighted by molar-refractivity contribution is 6.37. The molecular formula is C21H20Cl2F2N2O4. The average Bonchev–Trinajstić information content (AvgIpc) is 2.92. The first kappa shape index (κ1) is 23.1. The molecule has 1 aliphatic rings. The summed E-state index contributed by atoms with van der Waals surface area (Å²) in [4.78, 5) is 26.3. The maximum Gasteiger partial charge on any atom is 0.387 e. The van der Waals surface area contributed by atoms with Gasteiger partial charge in [0.2, 0.25) is 0 Å². The third kappa shape index (κ3) is 5.57. The topological polar surface area (TPSA) is 67.9 Å². The molecule has 0 saturated carbocycles. The fourth-order valence-electron chi connectivity index (χ4n) is 3.21. The lowest BCUT2D eigenvalue weighted by molar-refractivity contribution is -0.131. The number of halogens is 4. The van der Waals surface area contributed by atoms with Crippen LogP contribution in [0.3, 0.4) is 0 Å². The quantitative estimate of drug-likeness (QED) is 0.526. The smallest absolute Gasteiger partial charge is 0.387 e. The van der Waals surface area contributed by atoms with Gasteiger partial charge in [0.25, 0.3) is 5.91 Å². The minimum absolute atomic E-state index is 0.0292. The van der Waals surface area contributed by atoms with Crippen molar-refractivity contribution in [3.63, 3.8) is 0 Å². The summed E-state index contributed by atoms with van der Waals surface area (Å²) in [5.74, 6) is -0.0241. The number of carbonyl (C=O) groups is 2. The van der Waals surface area contributed by atoms with Crippen molar-refractivity contribution in [2.45, 2.75) is 31.9 Å². The number of hydrogen-bond donors (Lipinski definition) is 1. The van der Waals surface area contributed by atoms with Crippen LogP contribution in [0.5, 0.6) is 11.5 Å². The largest absolute Gasteiger partial charge is 0.489 e. The summed E-state index contributed by atoms with van der Waals surface area (Å²) in [6.45, 7) is -1.18. The van der Waals surface area contributed by atoms with Crippen LogP contribution in [-0.4, -0.2) is 42.1 Å². The summed E-state index contributed by atoms with van der Waals surface area (Å²) in [7, 11) is 0. The predicted octanol–water partition coefficient (Wildman–Crippen LogP) is 4.92. The first-order chi connectivity index (χ1) is 14.7. The summed E-state index contributed by atoms with van der Waals surface area (Å²) in [5.41, 5.74) is -0.267. The Labute approximate surface area is 188 Å². The van der Waals surface area contributed by atoms with Crippen LogP contribution >= 0.6 is 23.2 Å². The maximum absolute atomic E-state index is 12.8. The van der Waals surface area contributed by atoms with Gasteiger partial charge < -0.3 is 14.8 Å². The molecule has 166 valence electrons. The lowest BCUT2D eigenvalue weighted by Crippen LogP contribution is -2.44. The van der Waals surface area contributed by atoms with Crippen LogP contribution in [0.4, 0.5) is 13.6 Å². The molecule has 0 bridgehead atoms. The molecule has 3 rings (SSSR count). The predicted molar refractivity (Wildman–Crippen MR) is 112 cm³/mol. The maximum atomic E-state index is 12.8. The summed E-state index contributed by atoms with van der Waals surface area (Å²) >= 11 is 12.1. The lowest BCUT2D eigenvalue weighted by atomic mass is 9.93. The second-order valence-corrected chi connectivity index (χ2v) is 7.96. The highest BCUT2D eigenvalue weighted by Gasteiger charge is 2.47. The Balaban J connectivity index is 1.55. The van der Waals surface area contributed by atoms with E-state index in [4.69, 9.17) is 27.9 Å². The molecule has 1 atom stereocenters. The molecule has 0 radical (unpaired) electrons. The van der Waals surface area contributed by atoms with Gasteiger partial charge in [-0.2, -0.15) is 8.78 Å². The zero-order chi connectivity index (χ0) is 22.6. The zero-order valence-corrected chi connectivity index (χ0v) is 18.1. The molecular weight excluding hydrogens is 453 g/mol. The minimum Gasteiger partial charge on any atom is -0.489 e. The molecule has 1 unspecified atom stereocenters. The zero-order valence-electron chi connectivity index (χ0n) is 16.5. The molecule has 0 aromatic heterocycles. The fourth-order valence-corrected chi connectivity index (χ4v) is 3.72. The van der Waals surface area contributed by atoms with Crippen molar-refractivity contribution in [1.82, 2.24) is 10.2 Å². The van der Waals surface area contributed by atoms with Crippen LogP contribution < -0.4 is 14.8 Å². The van der Waals surface area contributed by atoms with E-state index < -0.39 is 18.2 Å². The number of para-hydroxylation sites is 1. The van der Waals surface area contributed by atoms with Crippen LogP contribution in [0.25, 0.3) is 0 Å². The molecule has 2 aromatic carbocycles. The van der Waals surface area contributed by atoms with Crippen LogP contribution in [-0.2, 0) is 11.2 Å². The van der Waals surface area contributed by atoms with Gasteiger partial charge in [0.1, 0.15) is 17.9 Å². The molecule has 3 amide bonds. The second-order valence-electron chi connectivity index (χ2n) is 7.14. The van der Waals surface area contributed by atoms with Gasteiger partial charge in [-0.25, -0.2) is 4.79 Å². The van der Waals surface area contributed by atoms with E-state index in [9.17, 15) is 18.4 Å². The van der Waals surface area contributed by atoms with E-state index >= 15 is 0 Å². The van der Waals surface area contributed by atoms with Crippen molar-refractivity contribution in [3.05, 3.63) is 58.1 Å². The number of benzene rings is 2. The summed E-state index contributed by atoms with van der Waals surface area (Å²) in [6.07, 6.45) is 0.789. The molecule has 2 aromatic rings. The van der Waals surface area contributed by atoms with Crippen LogP contribution in [0.1, 0.15) is 18.9 Å². The molecule has 31 heavy (non-hydrogen) atoms. The van der Waals surface area contributed by atoms with Crippen molar-refractivity contribution in [2.75, 3.05) is 13.2 Å². The van der Waals surface area contributed by atoms with Crippen molar-refractivity contribution in [2.24, 2.45) is 0 Å². The number of carbonyl (C=O) groups excluding carboxylic acids is 2. The van der Waals surface area contributed by atoms with Gasteiger partial charge in [0.05, 0.1) is 16.6 Å². The van der Waals surface area contributed by atoms with E-state index in [0.717, 1.165) is 10.5 Å². The summed E-state index contributed by atoms with van der Waals surface area (Å²) < 4.78 is 34.4. The van der Waals surface area contributed by atoms with Crippen LogP contribution in [0.15, 0.2) is 42.5 Å². The summed E-state index contributed by atoms with van der Waals surface area (Å²) in [6, 6.07) is 10.6. The number of amides is 3. The van der Waals surface area contributed by atoms with E-state index in [1.807, 2.05) is 0 Å².